The first kappa shape index (κ1) is 19.9. The van der Waals surface area contributed by atoms with Gasteiger partial charge in [0, 0.05) is 36.5 Å². The largest absolute Gasteiger partial charge is 0.507 e. The van der Waals surface area contributed by atoms with Crippen LogP contribution in [0, 0.1) is 5.82 Å². The van der Waals surface area contributed by atoms with Gasteiger partial charge in [0.25, 0.3) is 5.78 Å². The molecule has 150 valence electrons. The summed E-state index contributed by atoms with van der Waals surface area (Å²) in [5, 5.41) is 19.7. The van der Waals surface area contributed by atoms with E-state index in [4.69, 9.17) is 14.6 Å². The van der Waals surface area contributed by atoms with Gasteiger partial charge in [-0.15, -0.1) is 0 Å². The van der Waals surface area contributed by atoms with Gasteiger partial charge < -0.3 is 24.3 Å². The number of carbonyl (C=O) groups is 2. The van der Waals surface area contributed by atoms with Gasteiger partial charge in [-0.05, 0) is 17.7 Å². The third kappa shape index (κ3) is 4.06. The van der Waals surface area contributed by atoms with Crippen molar-refractivity contribution in [3.8, 4) is 11.5 Å². The third-order valence-corrected chi connectivity index (χ3v) is 4.39. The molecule has 0 saturated carbocycles. The van der Waals surface area contributed by atoms with Crippen molar-refractivity contribution in [1.29, 1.82) is 0 Å². The van der Waals surface area contributed by atoms with Crippen molar-refractivity contribution in [2.75, 3.05) is 14.2 Å². The fraction of sp³-hybridized carbons (Fsp3) is 0.143. The minimum atomic E-state index is -1.68. The summed E-state index contributed by atoms with van der Waals surface area (Å²) >= 11 is 0. The Morgan fingerprint density at radius 3 is 2.38 bits per heavy atom. The first-order valence-corrected chi connectivity index (χ1v) is 8.51. The number of aromatic nitrogens is 1. The quantitative estimate of drug-likeness (QED) is 0.359. The number of rotatable bonds is 7. The molecule has 0 aliphatic heterocycles. The summed E-state index contributed by atoms with van der Waals surface area (Å²) in [6.45, 7) is 0.327. The highest BCUT2D eigenvalue weighted by molar-refractivity contribution is 6.38. The molecule has 2 N–H and O–H groups in total. The van der Waals surface area contributed by atoms with Crippen LogP contribution in [0.3, 0.4) is 0 Å². The van der Waals surface area contributed by atoms with E-state index >= 15 is 0 Å². The predicted molar refractivity (Wildman–Crippen MR) is 104 cm³/mol. The van der Waals surface area contributed by atoms with Gasteiger partial charge in [0.2, 0.25) is 0 Å². The second kappa shape index (κ2) is 8.05. The number of nitrogens with zero attached hydrogens (tertiary/aromatic N) is 1. The fourth-order valence-electron chi connectivity index (χ4n) is 3.02. The minimum absolute atomic E-state index is 0.219. The zero-order valence-electron chi connectivity index (χ0n) is 15.7. The molecule has 0 amide bonds. The molecule has 1 aromatic heterocycles. The molecule has 0 saturated heterocycles. The molecule has 0 bridgehead atoms. The van der Waals surface area contributed by atoms with E-state index in [0.29, 0.717) is 35.0 Å². The molecule has 0 radical (unpaired) electrons. The normalized spacial score (nSPS) is 11.5. The molecule has 7 nitrogen and oxygen atoms in total. The van der Waals surface area contributed by atoms with Gasteiger partial charge in [0.05, 0.1) is 25.1 Å². The Balaban J connectivity index is 2.21. The van der Waals surface area contributed by atoms with Crippen LogP contribution in [0.5, 0.6) is 11.5 Å². The highest BCUT2D eigenvalue weighted by atomic mass is 19.1. The maximum atomic E-state index is 13.2. The number of aliphatic hydroxyl groups is 1. The van der Waals surface area contributed by atoms with Crippen molar-refractivity contribution >= 4 is 28.4 Å². The van der Waals surface area contributed by atoms with Crippen LogP contribution in [0.15, 0.2) is 48.7 Å². The number of carbonyl (C=O) groups excluding carboxylic acids is 1. The van der Waals surface area contributed by atoms with Crippen LogP contribution in [0.4, 0.5) is 4.39 Å². The van der Waals surface area contributed by atoms with Crippen LogP contribution in [0.1, 0.15) is 11.1 Å². The number of carboxylic acids is 1. The van der Waals surface area contributed by atoms with Gasteiger partial charge >= 0.3 is 5.97 Å². The Labute approximate surface area is 165 Å². The SMILES string of the molecule is COc1cc(OC)c2c(/C(O)=C/C(=O)C(=O)O)cn(Cc3ccc(F)cc3)c2c1. The van der Waals surface area contributed by atoms with E-state index in [0.717, 1.165) is 5.56 Å². The maximum Gasteiger partial charge on any atom is 0.376 e. The maximum absolute atomic E-state index is 13.2. The second-order valence-electron chi connectivity index (χ2n) is 6.22. The predicted octanol–water partition coefficient (Wildman–Crippen LogP) is 3.40. The molecular weight excluding hydrogens is 381 g/mol. The summed E-state index contributed by atoms with van der Waals surface area (Å²) < 4.78 is 25.7. The van der Waals surface area contributed by atoms with Crippen LogP contribution < -0.4 is 9.47 Å². The van der Waals surface area contributed by atoms with Crippen LogP contribution in [0.2, 0.25) is 0 Å². The van der Waals surface area contributed by atoms with E-state index in [1.165, 1.54) is 26.4 Å². The fourth-order valence-corrected chi connectivity index (χ4v) is 3.02. The zero-order chi connectivity index (χ0) is 21.1. The number of fused-ring (bicyclic) bond motifs is 1. The van der Waals surface area contributed by atoms with Crippen LogP contribution in [-0.2, 0) is 16.1 Å². The summed E-state index contributed by atoms with van der Waals surface area (Å²) in [5.74, 6) is -2.93. The molecule has 2 aromatic carbocycles. The summed E-state index contributed by atoms with van der Waals surface area (Å²) in [6, 6.07) is 9.26. The van der Waals surface area contributed by atoms with Crippen molar-refractivity contribution in [3.63, 3.8) is 0 Å². The number of hydrogen-bond acceptors (Lipinski definition) is 5. The lowest BCUT2D eigenvalue weighted by Gasteiger charge is -2.10. The number of aliphatic carboxylic acids is 1. The Morgan fingerprint density at radius 1 is 1.10 bits per heavy atom. The summed E-state index contributed by atoms with van der Waals surface area (Å²) in [4.78, 5) is 22.3. The molecule has 3 aromatic rings. The van der Waals surface area contributed by atoms with Gasteiger partial charge in [-0.2, -0.15) is 0 Å². The van der Waals surface area contributed by atoms with Gasteiger partial charge in [0.1, 0.15) is 23.1 Å². The molecule has 0 atom stereocenters. The Morgan fingerprint density at radius 2 is 1.79 bits per heavy atom. The van der Waals surface area contributed by atoms with Crippen LogP contribution in [-0.4, -0.2) is 40.8 Å². The highest BCUT2D eigenvalue weighted by Gasteiger charge is 2.20. The van der Waals surface area contributed by atoms with E-state index in [9.17, 15) is 19.1 Å². The lowest BCUT2D eigenvalue weighted by molar-refractivity contribution is -0.146. The third-order valence-electron chi connectivity index (χ3n) is 4.39. The Hall–Kier alpha value is -3.81. The molecule has 3 rings (SSSR count). The average Bonchev–Trinajstić information content (AvgIpc) is 3.07. The second-order valence-corrected chi connectivity index (χ2v) is 6.22. The summed E-state index contributed by atoms with van der Waals surface area (Å²) in [5.41, 5.74) is 1.63. The number of halogens is 1. The van der Waals surface area contributed by atoms with Gasteiger partial charge in [-0.25, -0.2) is 9.18 Å². The Kier molecular flexibility index (Phi) is 5.54. The molecule has 0 aliphatic carbocycles. The zero-order valence-corrected chi connectivity index (χ0v) is 15.7. The number of carboxylic acid groups (broad SMARTS) is 1. The van der Waals surface area contributed by atoms with E-state index in [-0.39, 0.29) is 11.4 Å². The highest BCUT2D eigenvalue weighted by Crippen LogP contribution is 2.37. The van der Waals surface area contributed by atoms with E-state index in [2.05, 4.69) is 0 Å². The number of benzene rings is 2. The number of hydrogen-bond donors (Lipinski definition) is 2. The van der Waals surface area contributed by atoms with Crippen molar-refractivity contribution in [2.24, 2.45) is 0 Å². The topological polar surface area (TPSA) is 98.0 Å². The van der Waals surface area contributed by atoms with Gasteiger partial charge in [-0.3, -0.25) is 4.79 Å². The lowest BCUT2D eigenvalue weighted by Crippen LogP contribution is -2.09. The average molecular weight is 399 g/mol. The Bertz CT molecular complexity index is 1110. The lowest BCUT2D eigenvalue weighted by atomic mass is 10.1. The first-order chi connectivity index (χ1) is 13.8. The van der Waals surface area contributed by atoms with E-state index < -0.39 is 17.5 Å². The molecule has 29 heavy (non-hydrogen) atoms. The van der Waals surface area contributed by atoms with E-state index in [1.807, 2.05) is 0 Å². The number of aliphatic hydroxyl groups excluding tert-OH is 1. The summed E-state index contributed by atoms with van der Waals surface area (Å²) in [7, 11) is 2.94. The van der Waals surface area contributed by atoms with Crippen molar-refractivity contribution in [2.45, 2.75) is 6.54 Å². The molecule has 8 heteroatoms. The molecular formula is C21H18FNO6. The van der Waals surface area contributed by atoms with Gasteiger partial charge in [0.15, 0.2) is 0 Å². The minimum Gasteiger partial charge on any atom is -0.507 e. The molecule has 0 fully saturated rings. The van der Waals surface area contributed by atoms with Crippen molar-refractivity contribution in [1.82, 2.24) is 4.57 Å². The molecule has 0 spiro atoms. The van der Waals surface area contributed by atoms with Crippen LogP contribution in [0.25, 0.3) is 16.7 Å². The van der Waals surface area contributed by atoms with Gasteiger partial charge in [-0.1, -0.05) is 12.1 Å². The smallest absolute Gasteiger partial charge is 0.376 e. The standard InChI is InChI=1S/C21H18FNO6/c1-28-14-7-16-20(19(8-14)29-2)15(17(24)9-18(25)21(26)27)11-23(16)10-12-3-5-13(22)6-4-12/h3-9,11,24H,10H2,1-2H3,(H,26,27)/b17-9-. The molecule has 1 heterocycles. The summed E-state index contributed by atoms with van der Waals surface area (Å²) in [6.07, 6.45) is 2.21. The monoisotopic (exact) mass is 399 g/mol. The van der Waals surface area contributed by atoms with Crippen molar-refractivity contribution < 1.29 is 33.7 Å². The number of ether oxygens (including phenoxy) is 2. The number of methoxy groups -OCH3 is 2. The molecule has 0 unspecified atom stereocenters. The van der Waals surface area contributed by atoms with Crippen LogP contribution >= 0.6 is 0 Å². The first-order valence-electron chi connectivity index (χ1n) is 8.51. The van der Waals surface area contributed by atoms with Crippen molar-refractivity contribution in [3.05, 3.63) is 65.6 Å². The molecule has 0 aliphatic rings. The number of ketones is 1. The van der Waals surface area contributed by atoms with E-state index in [1.54, 1.807) is 35.0 Å².